The van der Waals surface area contributed by atoms with E-state index in [2.05, 4.69) is 5.32 Å². The van der Waals surface area contributed by atoms with E-state index in [0.29, 0.717) is 31.9 Å². The fourth-order valence-electron chi connectivity index (χ4n) is 3.18. The van der Waals surface area contributed by atoms with Crippen molar-refractivity contribution in [3.63, 3.8) is 0 Å². The second-order valence-corrected chi connectivity index (χ2v) is 9.41. The molecule has 1 fully saturated rings. The number of rotatable bonds is 7. The Morgan fingerprint density at radius 2 is 1.60 bits per heavy atom. The molecule has 7 nitrogen and oxygen atoms in total. The van der Waals surface area contributed by atoms with Crippen molar-refractivity contribution in [2.45, 2.75) is 37.8 Å². The molecular weight excluding hydrogens is 404 g/mol. The van der Waals surface area contributed by atoms with Crippen LogP contribution in [-0.2, 0) is 14.8 Å². The summed E-state index contributed by atoms with van der Waals surface area (Å²) in [5.41, 5.74) is 1.36. The van der Waals surface area contributed by atoms with Crippen LogP contribution in [0.25, 0.3) is 0 Å². The molecule has 1 aliphatic rings. The Morgan fingerprint density at radius 3 is 2.17 bits per heavy atom. The number of carbonyl (C=O) groups is 1. The zero-order chi connectivity index (χ0) is 21.7. The number of nitrogens with one attached hydrogen (secondary N) is 1. The van der Waals surface area contributed by atoms with Crippen molar-refractivity contribution in [1.82, 2.24) is 9.62 Å². The molecule has 1 aliphatic heterocycles. The van der Waals surface area contributed by atoms with Crippen molar-refractivity contribution in [3.8, 4) is 5.75 Å². The molecule has 0 aliphatic carbocycles. The molecule has 2 aromatic carbocycles. The van der Waals surface area contributed by atoms with Gasteiger partial charge in [-0.25, -0.2) is 8.42 Å². The van der Waals surface area contributed by atoms with Gasteiger partial charge in [0, 0.05) is 18.7 Å². The monoisotopic (exact) mass is 432 g/mol. The zero-order valence-electron chi connectivity index (χ0n) is 17.5. The Morgan fingerprint density at radius 1 is 1.00 bits per heavy atom. The molecule has 0 spiro atoms. The maximum absolute atomic E-state index is 12.7. The first-order valence-corrected chi connectivity index (χ1v) is 11.5. The Labute approximate surface area is 178 Å². The SMILES string of the molecule is CC(C)Oc1ccc(C(C)NC(=O)c2ccc(S(=O)(=O)N3CCOCC3)cc2)cc1. The van der Waals surface area contributed by atoms with Gasteiger partial charge in [-0.05, 0) is 62.7 Å². The first-order valence-electron chi connectivity index (χ1n) is 10.0. The smallest absolute Gasteiger partial charge is 0.251 e. The van der Waals surface area contributed by atoms with E-state index in [0.717, 1.165) is 11.3 Å². The largest absolute Gasteiger partial charge is 0.491 e. The third kappa shape index (κ3) is 5.38. The molecule has 1 atom stereocenters. The van der Waals surface area contributed by atoms with Crippen molar-refractivity contribution in [1.29, 1.82) is 0 Å². The van der Waals surface area contributed by atoms with Gasteiger partial charge >= 0.3 is 0 Å². The van der Waals surface area contributed by atoms with Crippen molar-refractivity contribution < 1.29 is 22.7 Å². The average Bonchev–Trinajstić information content (AvgIpc) is 2.74. The molecule has 1 unspecified atom stereocenters. The summed E-state index contributed by atoms with van der Waals surface area (Å²) in [5, 5.41) is 2.94. The molecule has 0 saturated carbocycles. The van der Waals surface area contributed by atoms with Crippen LogP contribution in [-0.4, -0.2) is 51.0 Å². The lowest BCUT2D eigenvalue weighted by atomic mass is 10.1. The average molecular weight is 433 g/mol. The Hall–Kier alpha value is -2.42. The van der Waals surface area contributed by atoms with Crippen LogP contribution in [0.15, 0.2) is 53.4 Å². The van der Waals surface area contributed by atoms with Crippen molar-refractivity contribution in [2.75, 3.05) is 26.3 Å². The van der Waals surface area contributed by atoms with Crippen molar-refractivity contribution in [3.05, 3.63) is 59.7 Å². The number of amides is 1. The minimum absolute atomic E-state index is 0.100. The van der Waals surface area contributed by atoms with Gasteiger partial charge < -0.3 is 14.8 Å². The minimum Gasteiger partial charge on any atom is -0.491 e. The van der Waals surface area contributed by atoms with Crippen LogP contribution in [0.3, 0.4) is 0 Å². The minimum atomic E-state index is -3.57. The van der Waals surface area contributed by atoms with E-state index in [9.17, 15) is 13.2 Å². The van der Waals surface area contributed by atoms with Gasteiger partial charge in [-0.1, -0.05) is 12.1 Å². The molecule has 0 aromatic heterocycles. The summed E-state index contributed by atoms with van der Waals surface area (Å²) in [6.07, 6.45) is 0.100. The number of benzene rings is 2. The molecule has 30 heavy (non-hydrogen) atoms. The Bertz CT molecular complexity index is 950. The van der Waals surface area contributed by atoms with Gasteiger partial charge in [-0.3, -0.25) is 4.79 Å². The van der Waals surface area contributed by atoms with E-state index in [1.165, 1.54) is 28.6 Å². The van der Waals surface area contributed by atoms with Crippen LogP contribution in [0.1, 0.15) is 42.7 Å². The van der Waals surface area contributed by atoms with Gasteiger partial charge in [-0.2, -0.15) is 4.31 Å². The van der Waals surface area contributed by atoms with Crippen LogP contribution in [0.2, 0.25) is 0 Å². The fourth-order valence-corrected chi connectivity index (χ4v) is 4.59. The first kappa shape index (κ1) is 22.3. The molecule has 0 bridgehead atoms. The maximum Gasteiger partial charge on any atom is 0.251 e. The van der Waals surface area contributed by atoms with E-state index in [1.54, 1.807) is 0 Å². The van der Waals surface area contributed by atoms with Crippen molar-refractivity contribution in [2.24, 2.45) is 0 Å². The maximum atomic E-state index is 12.7. The fraction of sp³-hybridized carbons (Fsp3) is 0.409. The molecule has 8 heteroatoms. The predicted molar refractivity (Wildman–Crippen MR) is 114 cm³/mol. The molecule has 3 rings (SSSR count). The normalized spacial score (nSPS) is 16.3. The van der Waals surface area contributed by atoms with E-state index in [-0.39, 0.29) is 22.9 Å². The van der Waals surface area contributed by atoms with Crippen LogP contribution in [0.5, 0.6) is 5.75 Å². The molecule has 1 saturated heterocycles. The lowest BCUT2D eigenvalue weighted by Crippen LogP contribution is -2.40. The van der Waals surface area contributed by atoms with Gasteiger partial charge in [0.25, 0.3) is 5.91 Å². The molecule has 0 radical (unpaired) electrons. The number of sulfonamides is 1. The second-order valence-electron chi connectivity index (χ2n) is 7.47. The van der Waals surface area contributed by atoms with Gasteiger partial charge in [0.1, 0.15) is 5.75 Å². The number of hydrogen-bond acceptors (Lipinski definition) is 5. The van der Waals surface area contributed by atoms with Crippen LogP contribution >= 0.6 is 0 Å². The van der Waals surface area contributed by atoms with Crippen LogP contribution < -0.4 is 10.1 Å². The second kappa shape index (κ2) is 9.59. The Balaban J connectivity index is 1.64. The molecule has 162 valence electrons. The summed E-state index contributed by atoms with van der Waals surface area (Å²) in [4.78, 5) is 12.8. The summed E-state index contributed by atoms with van der Waals surface area (Å²) < 4.78 is 37.6. The molecule has 2 aromatic rings. The highest BCUT2D eigenvalue weighted by atomic mass is 32.2. The third-order valence-electron chi connectivity index (χ3n) is 4.82. The summed E-state index contributed by atoms with van der Waals surface area (Å²) in [5.74, 6) is 0.518. The molecular formula is C22H28N2O5S. The molecule has 1 N–H and O–H groups in total. The third-order valence-corrected chi connectivity index (χ3v) is 6.74. The molecule has 1 heterocycles. The number of ether oxygens (including phenoxy) is 2. The highest BCUT2D eigenvalue weighted by Gasteiger charge is 2.26. The van der Waals surface area contributed by atoms with Gasteiger partial charge in [0.15, 0.2) is 0 Å². The number of nitrogens with zero attached hydrogens (tertiary/aromatic N) is 1. The van der Waals surface area contributed by atoms with Crippen LogP contribution in [0.4, 0.5) is 0 Å². The Kier molecular flexibility index (Phi) is 7.12. The van der Waals surface area contributed by atoms with Gasteiger partial charge in [0.2, 0.25) is 10.0 Å². The lowest BCUT2D eigenvalue weighted by molar-refractivity contribution is 0.0730. The van der Waals surface area contributed by atoms with E-state index in [4.69, 9.17) is 9.47 Å². The highest BCUT2D eigenvalue weighted by molar-refractivity contribution is 7.89. The topological polar surface area (TPSA) is 84.9 Å². The van der Waals surface area contributed by atoms with Crippen LogP contribution in [0, 0.1) is 0 Å². The first-order chi connectivity index (χ1) is 14.3. The van der Waals surface area contributed by atoms with E-state index >= 15 is 0 Å². The van der Waals surface area contributed by atoms with E-state index in [1.807, 2.05) is 45.0 Å². The summed E-state index contributed by atoms with van der Waals surface area (Å²) in [6.45, 7) is 7.28. The lowest BCUT2D eigenvalue weighted by Gasteiger charge is -2.26. The molecule has 1 amide bonds. The van der Waals surface area contributed by atoms with Crippen molar-refractivity contribution >= 4 is 15.9 Å². The standard InChI is InChI=1S/C22H28N2O5S/c1-16(2)29-20-8-4-18(5-9-20)17(3)23-22(25)19-6-10-21(11-7-19)30(26,27)24-12-14-28-15-13-24/h4-11,16-17H,12-15H2,1-3H3,(H,23,25). The number of hydrogen-bond donors (Lipinski definition) is 1. The zero-order valence-corrected chi connectivity index (χ0v) is 18.3. The van der Waals surface area contributed by atoms with E-state index < -0.39 is 10.0 Å². The summed E-state index contributed by atoms with van der Waals surface area (Å²) in [7, 11) is -3.57. The van der Waals surface area contributed by atoms with Gasteiger partial charge in [-0.15, -0.1) is 0 Å². The quantitative estimate of drug-likeness (QED) is 0.727. The number of morpholine rings is 1. The highest BCUT2D eigenvalue weighted by Crippen LogP contribution is 2.20. The summed E-state index contributed by atoms with van der Waals surface area (Å²) >= 11 is 0. The summed E-state index contributed by atoms with van der Waals surface area (Å²) in [6, 6.07) is 13.4. The number of carbonyl (C=O) groups excluding carboxylic acids is 1. The predicted octanol–water partition coefficient (Wildman–Crippen LogP) is 2.99. The van der Waals surface area contributed by atoms with Gasteiger partial charge in [0.05, 0.1) is 30.3 Å².